The predicted octanol–water partition coefficient (Wildman–Crippen LogP) is 3.07. The van der Waals surface area contributed by atoms with Crippen LogP contribution in [0, 0.1) is 13.8 Å². The molecule has 8 nitrogen and oxygen atoms in total. The maximum absolute atomic E-state index is 12.0. The minimum Gasteiger partial charge on any atom is -0.307 e. The number of imide groups is 1. The summed E-state index contributed by atoms with van der Waals surface area (Å²) >= 11 is 3.36. The maximum atomic E-state index is 12.0. The molecule has 0 saturated carbocycles. The van der Waals surface area contributed by atoms with Crippen LogP contribution >= 0.6 is 15.9 Å². The Bertz CT molecular complexity index is 984. The van der Waals surface area contributed by atoms with E-state index in [1.807, 2.05) is 50.2 Å². The summed E-state index contributed by atoms with van der Waals surface area (Å²) < 4.78 is 0.938. The van der Waals surface area contributed by atoms with Gasteiger partial charge in [-0.05, 0) is 55.0 Å². The fourth-order valence-electron chi connectivity index (χ4n) is 2.43. The molecule has 2 N–H and O–H groups in total. The van der Waals surface area contributed by atoms with Crippen LogP contribution in [0.15, 0.2) is 46.9 Å². The van der Waals surface area contributed by atoms with Gasteiger partial charge in [0.25, 0.3) is 5.91 Å². The Morgan fingerprint density at radius 3 is 2.56 bits per heavy atom. The number of aromatic nitrogens is 4. The van der Waals surface area contributed by atoms with Crippen molar-refractivity contribution in [3.05, 3.63) is 58.1 Å². The van der Waals surface area contributed by atoms with Crippen molar-refractivity contribution in [2.24, 2.45) is 0 Å². The Labute approximate surface area is 164 Å². The molecule has 0 bridgehead atoms. The number of rotatable bonds is 4. The summed E-state index contributed by atoms with van der Waals surface area (Å²) in [6, 6.07) is 12.4. The van der Waals surface area contributed by atoms with Gasteiger partial charge in [-0.2, -0.15) is 4.80 Å². The number of anilines is 1. The highest BCUT2D eigenvalue weighted by atomic mass is 79.9. The lowest BCUT2D eigenvalue weighted by molar-refractivity contribution is -0.120. The fraction of sp³-hybridized carbons (Fsp3) is 0.167. The monoisotopic (exact) mass is 428 g/mol. The molecule has 27 heavy (non-hydrogen) atoms. The van der Waals surface area contributed by atoms with Gasteiger partial charge in [0.2, 0.25) is 5.82 Å². The summed E-state index contributed by atoms with van der Waals surface area (Å²) in [5.74, 6) is -0.146. The van der Waals surface area contributed by atoms with Crippen LogP contribution in [0.1, 0.15) is 11.1 Å². The van der Waals surface area contributed by atoms with Crippen LogP contribution in [0.2, 0.25) is 0 Å². The van der Waals surface area contributed by atoms with Gasteiger partial charge in [-0.25, -0.2) is 4.79 Å². The van der Waals surface area contributed by atoms with Crippen molar-refractivity contribution in [1.82, 2.24) is 25.5 Å². The highest BCUT2D eigenvalue weighted by Gasteiger charge is 2.13. The summed E-state index contributed by atoms with van der Waals surface area (Å²) in [5.41, 5.74) is 3.42. The van der Waals surface area contributed by atoms with Crippen molar-refractivity contribution in [3.63, 3.8) is 0 Å². The van der Waals surface area contributed by atoms with E-state index in [0.717, 1.165) is 26.0 Å². The molecule has 3 aromatic rings. The number of hydrogen-bond donors (Lipinski definition) is 2. The Balaban J connectivity index is 1.57. The van der Waals surface area contributed by atoms with Gasteiger partial charge in [0.05, 0.1) is 0 Å². The lowest BCUT2D eigenvalue weighted by Gasteiger charge is -2.09. The normalized spacial score (nSPS) is 10.5. The van der Waals surface area contributed by atoms with Crippen LogP contribution in [0.5, 0.6) is 0 Å². The first-order valence-corrected chi connectivity index (χ1v) is 8.92. The largest absolute Gasteiger partial charge is 0.325 e. The summed E-state index contributed by atoms with van der Waals surface area (Å²) in [6.07, 6.45) is 0. The van der Waals surface area contributed by atoms with E-state index < -0.39 is 11.9 Å². The summed E-state index contributed by atoms with van der Waals surface area (Å²) in [6.45, 7) is 3.63. The topological polar surface area (TPSA) is 102 Å². The van der Waals surface area contributed by atoms with E-state index in [4.69, 9.17) is 0 Å². The molecule has 0 fully saturated rings. The van der Waals surface area contributed by atoms with Crippen molar-refractivity contribution in [1.29, 1.82) is 0 Å². The average molecular weight is 429 g/mol. The second-order valence-corrected chi connectivity index (χ2v) is 6.89. The third-order valence-electron chi connectivity index (χ3n) is 3.72. The second-order valence-electron chi connectivity index (χ2n) is 5.97. The quantitative estimate of drug-likeness (QED) is 0.664. The molecule has 1 aromatic heterocycles. The number of carbonyl (C=O) groups is 2. The number of aryl methyl sites for hydroxylation is 2. The van der Waals surface area contributed by atoms with Crippen LogP contribution < -0.4 is 10.6 Å². The van der Waals surface area contributed by atoms with Crippen molar-refractivity contribution in [3.8, 4) is 11.4 Å². The molecule has 1 heterocycles. The third-order valence-corrected chi connectivity index (χ3v) is 4.25. The maximum Gasteiger partial charge on any atom is 0.325 e. The van der Waals surface area contributed by atoms with Crippen molar-refractivity contribution < 1.29 is 9.59 Å². The summed E-state index contributed by atoms with van der Waals surface area (Å²) in [4.78, 5) is 25.2. The molecule has 0 spiro atoms. The SMILES string of the molecule is Cc1ccc(NC(=O)NC(=O)Cn2nnc(-c3ccc(Br)cc3)n2)c(C)c1. The van der Waals surface area contributed by atoms with E-state index >= 15 is 0 Å². The lowest BCUT2D eigenvalue weighted by atomic mass is 10.1. The van der Waals surface area contributed by atoms with E-state index in [1.165, 1.54) is 0 Å². The smallest absolute Gasteiger partial charge is 0.307 e. The third kappa shape index (κ3) is 4.98. The first-order chi connectivity index (χ1) is 12.9. The van der Waals surface area contributed by atoms with Crippen LogP contribution in [0.3, 0.4) is 0 Å². The molecule has 138 valence electrons. The van der Waals surface area contributed by atoms with Gasteiger partial charge in [-0.3, -0.25) is 10.1 Å². The van der Waals surface area contributed by atoms with Crippen molar-refractivity contribution >= 4 is 33.6 Å². The van der Waals surface area contributed by atoms with Crippen LogP contribution in [-0.4, -0.2) is 32.1 Å². The Hall–Kier alpha value is -3.07. The Kier molecular flexibility index (Phi) is 5.60. The number of amides is 3. The molecular formula is C18H17BrN6O2. The first-order valence-electron chi connectivity index (χ1n) is 8.12. The highest BCUT2D eigenvalue weighted by Crippen LogP contribution is 2.17. The highest BCUT2D eigenvalue weighted by molar-refractivity contribution is 9.10. The average Bonchev–Trinajstić information content (AvgIpc) is 3.06. The number of carbonyl (C=O) groups excluding carboxylic acids is 2. The summed E-state index contributed by atoms with van der Waals surface area (Å²) in [7, 11) is 0. The van der Waals surface area contributed by atoms with Gasteiger partial charge in [0.1, 0.15) is 6.54 Å². The fourth-order valence-corrected chi connectivity index (χ4v) is 2.69. The minimum absolute atomic E-state index is 0.218. The molecule has 0 radical (unpaired) electrons. The van der Waals surface area contributed by atoms with E-state index in [2.05, 4.69) is 42.0 Å². The number of nitrogens with one attached hydrogen (secondary N) is 2. The van der Waals surface area contributed by atoms with Crippen LogP contribution in [0.4, 0.5) is 10.5 Å². The van der Waals surface area contributed by atoms with E-state index in [0.29, 0.717) is 11.5 Å². The second kappa shape index (κ2) is 8.09. The molecule has 3 amide bonds. The molecule has 0 aliphatic heterocycles. The number of halogens is 1. The van der Waals surface area contributed by atoms with Crippen LogP contribution in [0.25, 0.3) is 11.4 Å². The number of tetrazole rings is 1. The first kappa shape index (κ1) is 18.7. The van der Waals surface area contributed by atoms with Crippen molar-refractivity contribution in [2.45, 2.75) is 20.4 Å². The number of nitrogens with zero attached hydrogens (tertiary/aromatic N) is 4. The standard InChI is InChI=1S/C18H17BrN6O2/c1-11-3-8-15(12(2)9-11)20-18(27)21-16(26)10-25-23-17(22-24-25)13-4-6-14(19)7-5-13/h3-9H,10H2,1-2H3,(H2,20,21,26,27). The zero-order chi connectivity index (χ0) is 19.4. The Morgan fingerprint density at radius 2 is 1.85 bits per heavy atom. The predicted molar refractivity (Wildman–Crippen MR) is 104 cm³/mol. The molecule has 0 unspecified atom stereocenters. The van der Waals surface area contributed by atoms with Gasteiger partial charge in [-0.1, -0.05) is 33.6 Å². The molecule has 0 aliphatic carbocycles. The van der Waals surface area contributed by atoms with E-state index in [9.17, 15) is 9.59 Å². The van der Waals surface area contributed by atoms with E-state index in [-0.39, 0.29) is 6.54 Å². The molecule has 2 aromatic carbocycles. The molecule has 3 rings (SSSR count). The number of urea groups is 1. The summed E-state index contributed by atoms with van der Waals surface area (Å²) in [5, 5.41) is 16.8. The molecule has 0 aliphatic rings. The van der Waals surface area contributed by atoms with Gasteiger partial charge in [-0.15, -0.1) is 10.2 Å². The van der Waals surface area contributed by atoms with Gasteiger partial charge in [0, 0.05) is 15.7 Å². The zero-order valence-electron chi connectivity index (χ0n) is 14.7. The van der Waals surface area contributed by atoms with Gasteiger partial charge >= 0.3 is 6.03 Å². The molecule has 9 heteroatoms. The molecular weight excluding hydrogens is 412 g/mol. The zero-order valence-corrected chi connectivity index (χ0v) is 16.3. The van der Waals surface area contributed by atoms with E-state index in [1.54, 1.807) is 6.07 Å². The van der Waals surface area contributed by atoms with Gasteiger partial charge < -0.3 is 5.32 Å². The number of hydrogen-bond acceptors (Lipinski definition) is 5. The Morgan fingerprint density at radius 1 is 1.11 bits per heavy atom. The molecule has 0 atom stereocenters. The van der Waals surface area contributed by atoms with Gasteiger partial charge in [0.15, 0.2) is 0 Å². The van der Waals surface area contributed by atoms with Crippen LogP contribution in [-0.2, 0) is 11.3 Å². The minimum atomic E-state index is -0.611. The van der Waals surface area contributed by atoms with Crippen molar-refractivity contribution in [2.75, 3.05) is 5.32 Å². The number of benzene rings is 2. The lowest BCUT2D eigenvalue weighted by Crippen LogP contribution is -2.37. The molecule has 0 saturated heterocycles.